The van der Waals surface area contributed by atoms with Gasteiger partial charge < -0.3 is 10.5 Å². The van der Waals surface area contributed by atoms with Crippen molar-refractivity contribution in [3.63, 3.8) is 0 Å². The van der Waals surface area contributed by atoms with E-state index in [4.69, 9.17) is 10.5 Å². The Kier molecular flexibility index (Phi) is 6.10. The number of nitrogens with two attached hydrogens (primary N) is 1. The van der Waals surface area contributed by atoms with Crippen LogP contribution in [-0.2, 0) is 4.74 Å². The maximum atomic E-state index is 5.89. The zero-order chi connectivity index (χ0) is 11.1. The molecule has 0 saturated carbocycles. The van der Waals surface area contributed by atoms with Crippen molar-refractivity contribution < 1.29 is 4.74 Å². The number of halogens is 1. The van der Waals surface area contributed by atoms with E-state index in [0.717, 1.165) is 11.1 Å². The summed E-state index contributed by atoms with van der Waals surface area (Å²) < 4.78 is 5.00. The van der Waals surface area contributed by atoms with E-state index in [-0.39, 0.29) is 6.04 Å². The summed E-state index contributed by atoms with van der Waals surface area (Å²) in [4.78, 5) is 0. The van der Waals surface area contributed by atoms with Crippen LogP contribution in [0.1, 0.15) is 17.2 Å². The molecule has 1 aromatic rings. The lowest BCUT2D eigenvalue weighted by atomic mass is 10.1. The third-order valence-electron chi connectivity index (χ3n) is 1.92. The van der Waals surface area contributed by atoms with Crippen molar-refractivity contribution in [2.24, 2.45) is 5.73 Å². The second-order valence-electron chi connectivity index (χ2n) is 2.99. The van der Waals surface area contributed by atoms with Gasteiger partial charge in [-0.15, -0.1) is 0 Å². The molecule has 0 saturated heterocycles. The Balaban J connectivity index is 2.71. The van der Waals surface area contributed by atoms with Gasteiger partial charge in [0.2, 0.25) is 0 Å². The number of benzene rings is 1. The van der Waals surface area contributed by atoms with Crippen molar-refractivity contribution in [3.05, 3.63) is 35.4 Å². The highest BCUT2D eigenvalue weighted by molar-refractivity contribution is 14.2. The summed E-state index contributed by atoms with van der Waals surface area (Å²) in [6.07, 6.45) is 0. The molecule has 2 nitrogen and oxygen atoms in total. The minimum Gasteiger partial charge on any atom is -0.383 e. The maximum Gasteiger partial charge on any atom is 0.0655 e. The number of ether oxygens (including phenoxy) is 1. The highest BCUT2D eigenvalue weighted by Crippen LogP contribution is 2.12. The molecule has 0 heterocycles. The van der Waals surface area contributed by atoms with Gasteiger partial charge in [-0.25, -0.2) is 0 Å². The van der Waals surface area contributed by atoms with Gasteiger partial charge in [-0.2, -0.15) is 0 Å². The largest absolute Gasteiger partial charge is 0.383 e. The molecule has 0 aliphatic carbocycles. The van der Waals surface area contributed by atoms with Crippen molar-refractivity contribution in [3.8, 4) is 11.2 Å². The van der Waals surface area contributed by atoms with Crippen molar-refractivity contribution in [2.45, 2.75) is 6.04 Å². The molecule has 1 atom stereocenters. The van der Waals surface area contributed by atoms with Crippen LogP contribution in [0.3, 0.4) is 0 Å². The third-order valence-corrected chi connectivity index (χ3v) is 2.76. The SMILES string of the molecule is COCC(N)c1ccc(C#CSI)cc1. The maximum absolute atomic E-state index is 5.89. The molecule has 0 aromatic heterocycles. The van der Waals surface area contributed by atoms with Crippen LogP contribution in [-0.4, -0.2) is 13.7 Å². The van der Waals surface area contributed by atoms with Crippen LogP contribution in [0.15, 0.2) is 24.3 Å². The predicted molar refractivity (Wildman–Crippen MR) is 73.7 cm³/mol. The normalized spacial score (nSPS) is 11.7. The lowest BCUT2D eigenvalue weighted by Crippen LogP contribution is -2.15. The highest BCUT2D eigenvalue weighted by atomic mass is 127. The fraction of sp³-hybridized carbons (Fsp3) is 0.273. The Hall–Kier alpha value is -0.220. The van der Waals surface area contributed by atoms with Crippen molar-refractivity contribution in [1.29, 1.82) is 0 Å². The summed E-state index contributed by atoms with van der Waals surface area (Å²) in [6.45, 7) is 0.536. The summed E-state index contributed by atoms with van der Waals surface area (Å²) in [5, 5.41) is 2.94. The van der Waals surface area contributed by atoms with Gasteiger partial charge in [-0.1, -0.05) is 18.1 Å². The van der Waals surface area contributed by atoms with E-state index in [1.165, 1.54) is 8.93 Å². The molecule has 0 aliphatic heterocycles. The van der Waals surface area contributed by atoms with Crippen molar-refractivity contribution in [2.75, 3.05) is 13.7 Å². The molecule has 0 amide bonds. The molecule has 4 heteroatoms. The van der Waals surface area contributed by atoms with Gasteiger partial charge in [0.25, 0.3) is 0 Å². The van der Waals surface area contributed by atoms with Gasteiger partial charge in [0, 0.05) is 33.9 Å². The van der Waals surface area contributed by atoms with E-state index >= 15 is 0 Å². The van der Waals surface area contributed by atoms with Crippen LogP contribution in [0.25, 0.3) is 0 Å². The number of hydrogen-bond donors (Lipinski definition) is 1. The summed E-state index contributed by atoms with van der Waals surface area (Å²) >= 11 is 2.15. The van der Waals surface area contributed by atoms with Crippen molar-refractivity contribution in [1.82, 2.24) is 0 Å². The Morgan fingerprint density at radius 3 is 2.67 bits per heavy atom. The van der Waals surface area contributed by atoms with Crippen LogP contribution in [0.4, 0.5) is 0 Å². The lowest BCUT2D eigenvalue weighted by molar-refractivity contribution is 0.181. The quantitative estimate of drug-likeness (QED) is 0.682. The van der Waals surface area contributed by atoms with Crippen LogP contribution < -0.4 is 5.73 Å². The summed E-state index contributed by atoms with van der Waals surface area (Å²) in [5.41, 5.74) is 7.97. The van der Waals surface area contributed by atoms with E-state index in [0.29, 0.717) is 6.61 Å². The first kappa shape index (κ1) is 12.8. The molecular formula is C11H12INOS. The Bertz CT molecular complexity index is 355. The Morgan fingerprint density at radius 2 is 2.13 bits per heavy atom. The average molecular weight is 333 g/mol. The minimum absolute atomic E-state index is 0.0593. The average Bonchev–Trinajstić information content (AvgIpc) is 2.27. The second-order valence-corrected chi connectivity index (χ2v) is 4.67. The zero-order valence-electron chi connectivity index (χ0n) is 8.37. The van der Waals surface area contributed by atoms with Gasteiger partial charge in [0.05, 0.1) is 12.6 Å². The van der Waals surface area contributed by atoms with Crippen LogP contribution >= 0.6 is 30.1 Å². The van der Waals surface area contributed by atoms with Crippen LogP contribution in [0.5, 0.6) is 0 Å². The lowest BCUT2D eigenvalue weighted by Gasteiger charge is -2.10. The number of hydrogen-bond acceptors (Lipinski definition) is 3. The summed E-state index contributed by atoms with van der Waals surface area (Å²) in [6, 6.07) is 7.88. The molecule has 2 N–H and O–H groups in total. The fourth-order valence-electron chi connectivity index (χ4n) is 1.17. The Labute approximate surface area is 107 Å². The number of rotatable bonds is 3. The molecule has 1 unspecified atom stereocenters. The monoisotopic (exact) mass is 333 g/mol. The molecular weight excluding hydrogens is 321 g/mol. The molecule has 0 bridgehead atoms. The topological polar surface area (TPSA) is 35.2 Å². The van der Waals surface area contributed by atoms with E-state index in [1.54, 1.807) is 7.11 Å². The molecule has 0 aliphatic rings. The van der Waals surface area contributed by atoms with E-state index < -0.39 is 0 Å². The number of methoxy groups -OCH3 is 1. The molecule has 0 spiro atoms. The van der Waals surface area contributed by atoms with Crippen LogP contribution in [0.2, 0.25) is 0 Å². The highest BCUT2D eigenvalue weighted by Gasteiger charge is 2.03. The van der Waals surface area contributed by atoms with Gasteiger partial charge in [0.15, 0.2) is 0 Å². The zero-order valence-corrected chi connectivity index (χ0v) is 11.3. The predicted octanol–water partition coefficient (Wildman–Crippen LogP) is 2.73. The molecule has 1 rings (SSSR count). The van der Waals surface area contributed by atoms with Crippen molar-refractivity contribution >= 4 is 30.1 Å². The van der Waals surface area contributed by atoms with Gasteiger partial charge >= 0.3 is 0 Å². The van der Waals surface area contributed by atoms with E-state index in [1.807, 2.05) is 24.3 Å². The van der Waals surface area contributed by atoms with E-state index in [2.05, 4.69) is 32.4 Å². The second kappa shape index (κ2) is 7.12. The van der Waals surface area contributed by atoms with Gasteiger partial charge in [0.1, 0.15) is 0 Å². The smallest absolute Gasteiger partial charge is 0.0655 e. The molecule has 0 radical (unpaired) electrons. The molecule has 80 valence electrons. The van der Waals surface area contributed by atoms with Crippen LogP contribution in [0, 0.1) is 11.2 Å². The van der Waals surface area contributed by atoms with Gasteiger partial charge in [-0.05, 0) is 31.9 Å². The summed E-state index contributed by atoms with van der Waals surface area (Å²) in [7, 11) is 3.13. The fourth-order valence-corrected chi connectivity index (χ4v) is 1.65. The summed E-state index contributed by atoms with van der Waals surface area (Å²) in [5.74, 6) is 3.03. The molecule has 15 heavy (non-hydrogen) atoms. The third kappa shape index (κ3) is 4.43. The first-order valence-electron chi connectivity index (χ1n) is 4.41. The minimum atomic E-state index is -0.0593. The standard InChI is InChI=1S/C11H12INOS/c1-14-8-11(13)10-4-2-9(3-5-10)6-7-15-12/h2-5,11H,8,13H2,1H3. The molecule has 0 fully saturated rings. The first-order chi connectivity index (χ1) is 7.27. The molecule has 1 aromatic carbocycles. The van der Waals surface area contributed by atoms with Gasteiger partial charge in [-0.3, -0.25) is 0 Å². The Morgan fingerprint density at radius 1 is 1.47 bits per heavy atom. The first-order valence-corrected chi connectivity index (χ1v) is 7.77. The van der Waals surface area contributed by atoms with E-state index in [9.17, 15) is 0 Å².